The first-order valence-corrected chi connectivity index (χ1v) is 10.2. The summed E-state index contributed by atoms with van der Waals surface area (Å²) >= 11 is 0. The van der Waals surface area contributed by atoms with E-state index in [1.165, 1.54) is 0 Å². The van der Waals surface area contributed by atoms with Gasteiger partial charge < -0.3 is 33.7 Å². The molecule has 2 unspecified atom stereocenters. The highest BCUT2D eigenvalue weighted by Crippen LogP contribution is 2.41. The number of hydrogen-bond acceptors (Lipinski definition) is 9. The van der Waals surface area contributed by atoms with Crippen LogP contribution < -0.4 is 29.0 Å². The third kappa shape index (κ3) is 3.35. The molecule has 0 saturated carbocycles. The van der Waals surface area contributed by atoms with Gasteiger partial charge in [0.2, 0.25) is 13.6 Å². The van der Waals surface area contributed by atoms with Crippen LogP contribution in [0, 0.1) is 0 Å². The fourth-order valence-electron chi connectivity index (χ4n) is 3.94. The molecule has 0 bridgehead atoms. The molecule has 6 rings (SSSR count). The van der Waals surface area contributed by atoms with Crippen molar-refractivity contribution >= 4 is 10.9 Å². The normalized spacial score (nSPS) is 20.1. The van der Waals surface area contributed by atoms with Crippen LogP contribution in [0.2, 0.25) is 0 Å². The van der Waals surface area contributed by atoms with Gasteiger partial charge in [0.05, 0.1) is 17.8 Å². The molecule has 3 aliphatic rings. The van der Waals surface area contributed by atoms with Gasteiger partial charge in [0.25, 0.3) is 0 Å². The summed E-state index contributed by atoms with van der Waals surface area (Å²) in [5.74, 6) is 2.72. The van der Waals surface area contributed by atoms with Crippen molar-refractivity contribution in [3.05, 3.63) is 30.3 Å². The number of fused-ring (bicyclic) bond motifs is 3. The molecular formula is C22H21N3O6. The van der Waals surface area contributed by atoms with Crippen molar-refractivity contribution < 1.29 is 28.4 Å². The summed E-state index contributed by atoms with van der Waals surface area (Å²) in [6.07, 6.45) is -0.289. The molecule has 3 aromatic rings. The number of rotatable bonds is 4. The van der Waals surface area contributed by atoms with Crippen molar-refractivity contribution in [2.45, 2.75) is 19.1 Å². The van der Waals surface area contributed by atoms with E-state index in [1.807, 2.05) is 37.3 Å². The second kappa shape index (κ2) is 7.44. The van der Waals surface area contributed by atoms with Gasteiger partial charge in [-0.2, -0.15) is 9.97 Å². The molecule has 0 aliphatic carbocycles. The second-order valence-corrected chi connectivity index (χ2v) is 7.58. The molecule has 4 heterocycles. The van der Waals surface area contributed by atoms with E-state index >= 15 is 0 Å². The molecule has 0 amide bonds. The molecule has 160 valence electrons. The number of ether oxygens (including phenoxy) is 6. The maximum atomic E-state index is 6.12. The van der Waals surface area contributed by atoms with Crippen LogP contribution in [0.25, 0.3) is 22.2 Å². The van der Waals surface area contributed by atoms with E-state index in [1.54, 1.807) is 0 Å². The van der Waals surface area contributed by atoms with Gasteiger partial charge in [-0.05, 0) is 31.2 Å². The van der Waals surface area contributed by atoms with E-state index in [2.05, 4.69) is 10.3 Å². The molecule has 1 saturated heterocycles. The second-order valence-electron chi connectivity index (χ2n) is 7.58. The number of nitrogens with zero attached hydrogens (tertiary/aromatic N) is 2. The summed E-state index contributed by atoms with van der Waals surface area (Å²) in [5, 5.41) is 4.15. The Morgan fingerprint density at radius 3 is 2.55 bits per heavy atom. The lowest BCUT2D eigenvalue weighted by atomic mass is 10.1. The van der Waals surface area contributed by atoms with Gasteiger partial charge in [-0.3, -0.25) is 0 Å². The molecule has 9 nitrogen and oxygen atoms in total. The zero-order chi connectivity index (χ0) is 20.8. The summed E-state index contributed by atoms with van der Waals surface area (Å²) in [6.45, 7) is 4.59. The van der Waals surface area contributed by atoms with Crippen molar-refractivity contribution in [2.75, 3.05) is 33.3 Å². The van der Waals surface area contributed by atoms with Gasteiger partial charge in [0.1, 0.15) is 12.2 Å². The predicted octanol–water partition coefficient (Wildman–Crippen LogP) is 2.51. The molecule has 0 radical (unpaired) electrons. The zero-order valence-corrected chi connectivity index (χ0v) is 16.9. The van der Waals surface area contributed by atoms with Gasteiger partial charge in [-0.15, -0.1) is 0 Å². The number of nitrogens with one attached hydrogen (secondary N) is 1. The van der Waals surface area contributed by atoms with E-state index in [4.69, 9.17) is 33.4 Å². The first kappa shape index (κ1) is 18.5. The Morgan fingerprint density at radius 1 is 0.968 bits per heavy atom. The Bertz CT molecular complexity index is 1150. The van der Waals surface area contributed by atoms with Crippen LogP contribution in [0.4, 0.5) is 0 Å². The molecule has 1 aromatic heterocycles. The van der Waals surface area contributed by atoms with Crippen LogP contribution in [0.1, 0.15) is 6.92 Å². The van der Waals surface area contributed by atoms with Crippen LogP contribution in [-0.2, 0) is 4.74 Å². The highest BCUT2D eigenvalue weighted by molar-refractivity contribution is 5.95. The Hall–Kier alpha value is -3.30. The van der Waals surface area contributed by atoms with Gasteiger partial charge in [-0.1, -0.05) is 0 Å². The highest BCUT2D eigenvalue weighted by Gasteiger charge is 2.25. The lowest BCUT2D eigenvalue weighted by Gasteiger charge is -2.28. The third-order valence-corrected chi connectivity index (χ3v) is 5.59. The molecule has 1 fully saturated rings. The fraction of sp³-hybridized carbons (Fsp3) is 0.364. The Kier molecular flexibility index (Phi) is 4.43. The smallest absolute Gasteiger partial charge is 0.317 e. The number of benzene rings is 2. The minimum Gasteiger partial charge on any atom is -0.458 e. The number of hydrogen-bond donors (Lipinski definition) is 1. The first-order valence-electron chi connectivity index (χ1n) is 10.2. The Morgan fingerprint density at radius 2 is 1.74 bits per heavy atom. The Balaban J connectivity index is 1.44. The molecule has 31 heavy (non-hydrogen) atoms. The number of aromatic nitrogens is 2. The topological polar surface area (TPSA) is 93.2 Å². The summed E-state index contributed by atoms with van der Waals surface area (Å²) in [5.41, 5.74) is 2.28. The van der Waals surface area contributed by atoms with Crippen LogP contribution in [0.3, 0.4) is 0 Å². The summed E-state index contributed by atoms with van der Waals surface area (Å²) in [6, 6.07) is 9.77. The molecule has 2 atom stereocenters. The third-order valence-electron chi connectivity index (χ3n) is 5.59. The van der Waals surface area contributed by atoms with E-state index in [9.17, 15) is 0 Å². The average Bonchev–Trinajstić information content (AvgIpc) is 3.46. The first-order chi connectivity index (χ1) is 15.2. The zero-order valence-electron chi connectivity index (χ0n) is 16.9. The predicted molar refractivity (Wildman–Crippen MR) is 110 cm³/mol. The number of morpholine rings is 1. The maximum absolute atomic E-state index is 6.12. The monoisotopic (exact) mass is 423 g/mol. The van der Waals surface area contributed by atoms with E-state index in [-0.39, 0.29) is 31.8 Å². The molecule has 9 heteroatoms. The SMILES string of the molecule is CC(Oc1nc(-c2ccc3c(c2)OCO3)c2cc3c(cc2n1)OCO3)C1CNCCO1. The molecule has 1 N–H and O–H groups in total. The molecule has 3 aliphatic heterocycles. The van der Waals surface area contributed by atoms with E-state index in [0.29, 0.717) is 40.8 Å². The maximum Gasteiger partial charge on any atom is 0.317 e. The lowest BCUT2D eigenvalue weighted by molar-refractivity contribution is -0.0375. The minimum absolute atomic E-state index is 0.0706. The standard InChI is InChI=1S/C22H21N3O6/c1-12(20-9-23-4-5-26-20)31-22-24-15-8-19-18(29-11-30-19)7-14(15)21(25-22)13-2-3-16-17(6-13)28-10-27-16/h2-3,6-8,12,20,23H,4-5,9-11H2,1H3. The van der Waals surface area contributed by atoms with Crippen LogP contribution in [-0.4, -0.2) is 55.5 Å². The van der Waals surface area contributed by atoms with Gasteiger partial charge >= 0.3 is 6.01 Å². The highest BCUT2D eigenvalue weighted by atomic mass is 16.7. The Labute approximate surface area is 178 Å². The minimum atomic E-state index is -0.219. The van der Waals surface area contributed by atoms with Crippen molar-refractivity contribution in [3.8, 4) is 40.3 Å². The van der Waals surface area contributed by atoms with Crippen molar-refractivity contribution in [2.24, 2.45) is 0 Å². The summed E-state index contributed by atoms with van der Waals surface area (Å²) in [7, 11) is 0. The van der Waals surface area contributed by atoms with E-state index in [0.717, 1.165) is 24.0 Å². The van der Waals surface area contributed by atoms with Crippen molar-refractivity contribution in [3.63, 3.8) is 0 Å². The van der Waals surface area contributed by atoms with Crippen LogP contribution >= 0.6 is 0 Å². The fourth-order valence-corrected chi connectivity index (χ4v) is 3.94. The van der Waals surface area contributed by atoms with E-state index < -0.39 is 0 Å². The van der Waals surface area contributed by atoms with Crippen molar-refractivity contribution in [1.82, 2.24) is 15.3 Å². The van der Waals surface area contributed by atoms with Gasteiger partial charge in [0.15, 0.2) is 23.0 Å². The lowest BCUT2D eigenvalue weighted by Crippen LogP contribution is -2.46. The summed E-state index contributed by atoms with van der Waals surface area (Å²) in [4.78, 5) is 9.40. The summed E-state index contributed by atoms with van der Waals surface area (Å²) < 4.78 is 34.0. The molecule has 2 aromatic carbocycles. The molecule has 0 spiro atoms. The quantitative estimate of drug-likeness (QED) is 0.679. The van der Waals surface area contributed by atoms with Crippen molar-refractivity contribution in [1.29, 1.82) is 0 Å². The largest absolute Gasteiger partial charge is 0.458 e. The average molecular weight is 423 g/mol. The van der Waals surface area contributed by atoms with Crippen LogP contribution in [0.5, 0.6) is 29.0 Å². The van der Waals surface area contributed by atoms with Gasteiger partial charge in [-0.25, -0.2) is 0 Å². The van der Waals surface area contributed by atoms with Crippen LogP contribution in [0.15, 0.2) is 30.3 Å². The van der Waals surface area contributed by atoms with Gasteiger partial charge in [0, 0.05) is 30.1 Å². The molecular weight excluding hydrogens is 402 g/mol.